The molecular formula is C15H18N2O3. The molecule has 2 rings (SSSR count). The van der Waals surface area contributed by atoms with E-state index in [1.165, 1.54) is 5.56 Å². The van der Waals surface area contributed by atoms with Crippen LogP contribution in [0.5, 0.6) is 5.75 Å². The molecule has 20 heavy (non-hydrogen) atoms. The Hall–Kier alpha value is -2.30. The molecule has 2 aromatic rings. The van der Waals surface area contributed by atoms with Crippen LogP contribution in [0.3, 0.4) is 0 Å². The molecule has 0 aliphatic heterocycles. The number of nitrogens with one attached hydrogen (secondary N) is 1. The molecule has 0 bridgehead atoms. The third kappa shape index (κ3) is 2.82. The van der Waals surface area contributed by atoms with Crippen molar-refractivity contribution in [3.63, 3.8) is 0 Å². The summed E-state index contributed by atoms with van der Waals surface area (Å²) in [5.74, 6) is 0.232. The quantitative estimate of drug-likeness (QED) is 0.879. The van der Waals surface area contributed by atoms with Gasteiger partial charge >= 0.3 is 5.97 Å². The highest BCUT2D eigenvalue weighted by Crippen LogP contribution is 2.33. The number of nitrogens with zero attached hydrogens (tertiary/aromatic N) is 1. The lowest BCUT2D eigenvalue weighted by molar-refractivity contribution is -0.136. The van der Waals surface area contributed by atoms with Gasteiger partial charge in [0.1, 0.15) is 5.75 Å². The van der Waals surface area contributed by atoms with Gasteiger partial charge < -0.3 is 9.84 Å². The molecule has 0 saturated heterocycles. The number of rotatable bonds is 5. The maximum atomic E-state index is 10.9. The average molecular weight is 274 g/mol. The summed E-state index contributed by atoms with van der Waals surface area (Å²) in [6, 6.07) is 5.94. The zero-order valence-corrected chi connectivity index (χ0v) is 11.8. The SMILES string of the molecule is COc1cc(C(C)C)ccc1-c1[nH]ncc1CC(=O)O. The van der Waals surface area contributed by atoms with Crippen LogP contribution in [0.4, 0.5) is 0 Å². The minimum atomic E-state index is -0.884. The molecule has 5 nitrogen and oxygen atoms in total. The molecule has 0 fully saturated rings. The molecule has 0 spiro atoms. The fraction of sp³-hybridized carbons (Fsp3) is 0.333. The maximum Gasteiger partial charge on any atom is 0.307 e. The van der Waals surface area contributed by atoms with Crippen molar-refractivity contribution in [1.82, 2.24) is 10.2 Å². The number of carboxylic acid groups (broad SMARTS) is 1. The lowest BCUT2D eigenvalue weighted by Crippen LogP contribution is -2.01. The lowest BCUT2D eigenvalue weighted by atomic mass is 9.98. The normalized spacial score (nSPS) is 10.8. The molecule has 106 valence electrons. The molecule has 2 N–H and O–H groups in total. The van der Waals surface area contributed by atoms with Crippen molar-refractivity contribution in [2.75, 3.05) is 7.11 Å². The lowest BCUT2D eigenvalue weighted by Gasteiger charge is -2.12. The van der Waals surface area contributed by atoms with E-state index in [9.17, 15) is 4.79 Å². The van der Waals surface area contributed by atoms with Crippen molar-refractivity contribution in [2.24, 2.45) is 0 Å². The molecule has 1 heterocycles. The van der Waals surface area contributed by atoms with Crippen molar-refractivity contribution < 1.29 is 14.6 Å². The number of benzene rings is 1. The van der Waals surface area contributed by atoms with Crippen LogP contribution in [0.2, 0.25) is 0 Å². The van der Waals surface area contributed by atoms with E-state index in [1.54, 1.807) is 13.3 Å². The molecule has 0 aliphatic rings. The van der Waals surface area contributed by atoms with Gasteiger partial charge in [0.2, 0.25) is 0 Å². The first kappa shape index (κ1) is 14.1. The first-order chi connectivity index (χ1) is 9.52. The van der Waals surface area contributed by atoms with E-state index in [1.807, 2.05) is 18.2 Å². The Bertz CT molecular complexity index is 617. The number of H-pyrrole nitrogens is 1. The topological polar surface area (TPSA) is 75.2 Å². The van der Waals surface area contributed by atoms with E-state index in [0.29, 0.717) is 22.9 Å². The Kier molecular flexibility index (Phi) is 4.08. The minimum Gasteiger partial charge on any atom is -0.496 e. The highest BCUT2D eigenvalue weighted by Gasteiger charge is 2.15. The summed E-state index contributed by atoms with van der Waals surface area (Å²) in [6.45, 7) is 4.22. The molecule has 0 atom stereocenters. The molecule has 1 aromatic heterocycles. The van der Waals surface area contributed by atoms with Gasteiger partial charge in [0.05, 0.1) is 25.4 Å². The number of hydrogen-bond donors (Lipinski definition) is 2. The smallest absolute Gasteiger partial charge is 0.307 e. The highest BCUT2D eigenvalue weighted by atomic mass is 16.5. The zero-order valence-electron chi connectivity index (χ0n) is 11.8. The summed E-state index contributed by atoms with van der Waals surface area (Å²) in [4.78, 5) is 10.9. The number of hydrogen-bond acceptors (Lipinski definition) is 3. The van der Waals surface area contributed by atoms with Crippen molar-refractivity contribution in [1.29, 1.82) is 0 Å². The van der Waals surface area contributed by atoms with Crippen LogP contribution in [0.1, 0.15) is 30.9 Å². The van der Waals surface area contributed by atoms with Gasteiger partial charge in [0.15, 0.2) is 0 Å². The van der Waals surface area contributed by atoms with E-state index >= 15 is 0 Å². The van der Waals surface area contributed by atoms with Gasteiger partial charge in [-0.2, -0.15) is 5.10 Å². The summed E-state index contributed by atoms with van der Waals surface area (Å²) in [6.07, 6.45) is 1.47. The van der Waals surface area contributed by atoms with Gasteiger partial charge in [-0.05, 0) is 23.6 Å². The van der Waals surface area contributed by atoms with E-state index in [-0.39, 0.29) is 6.42 Å². The number of aromatic nitrogens is 2. The molecule has 0 aliphatic carbocycles. The van der Waals surface area contributed by atoms with Gasteiger partial charge in [-0.1, -0.05) is 19.9 Å². The summed E-state index contributed by atoms with van der Waals surface area (Å²) in [5.41, 5.74) is 3.34. The summed E-state index contributed by atoms with van der Waals surface area (Å²) in [5, 5.41) is 15.7. The fourth-order valence-corrected chi connectivity index (χ4v) is 2.11. The number of aliphatic carboxylic acids is 1. The standard InChI is InChI=1S/C15H18N2O3/c1-9(2)10-4-5-12(13(6-10)20-3)15-11(7-14(18)19)8-16-17-15/h4-6,8-9H,7H2,1-3H3,(H,16,17)(H,18,19). The number of aromatic amines is 1. The van der Waals surface area contributed by atoms with Crippen molar-refractivity contribution in [3.05, 3.63) is 35.5 Å². The molecule has 1 aromatic carbocycles. The highest BCUT2D eigenvalue weighted by molar-refractivity contribution is 5.77. The largest absolute Gasteiger partial charge is 0.496 e. The van der Waals surface area contributed by atoms with Crippen LogP contribution in [-0.2, 0) is 11.2 Å². The first-order valence-electron chi connectivity index (χ1n) is 6.45. The van der Waals surface area contributed by atoms with Gasteiger partial charge in [-0.15, -0.1) is 0 Å². The Labute approximate surface area is 117 Å². The Morgan fingerprint density at radius 1 is 1.45 bits per heavy atom. The number of ether oxygens (including phenoxy) is 1. The van der Waals surface area contributed by atoms with Crippen molar-refractivity contribution >= 4 is 5.97 Å². The van der Waals surface area contributed by atoms with Crippen LogP contribution in [0, 0.1) is 0 Å². The van der Waals surface area contributed by atoms with Crippen LogP contribution < -0.4 is 4.74 Å². The van der Waals surface area contributed by atoms with Crippen LogP contribution in [0.15, 0.2) is 24.4 Å². The van der Waals surface area contributed by atoms with Gasteiger partial charge in [-0.25, -0.2) is 0 Å². The number of carboxylic acids is 1. The predicted octanol–water partition coefficient (Wildman–Crippen LogP) is 2.84. The Morgan fingerprint density at radius 3 is 2.80 bits per heavy atom. The van der Waals surface area contributed by atoms with Crippen molar-refractivity contribution in [2.45, 2.75) is 26.2 Å². The molecule has 5 heteroatoms. The van der Waals surface area contributed by atoms with Gasteiger partial charge in [0.25, 0.3) is 0 Å². The molecule has 0 saturated carbocycles. The van der Waals surface area contributed by atoms with Gasteiger partial charge in [0, 0.05) is 11.1 Å². The van der Waals surface area contributed by atoms with Crippen molar-refractivity contribution in [3.8, 4) is 17.0 Å². The second-order valence-electron chi connectivity index (χ2n) is 4.96. The monoisotopic (exact) mass is 274 g/mol. The van der Waals surface area contributed by atoms with E-state index in [4.69, 9.17) is 9.84 Å². The first-order valence-corrected chi connectivity index (χ1v) is 6.45. The van der Waals surface area contributed by atoms with Crippen LogP contribution in [0.25, 0.3) is 11.3 Å². The average Bonchev–Trinajstić information content (AvgIpc) is 2.84. The summed E-state index contributed by atoms with van der Waals surface area (Å²) >= 11 is 0. The Morgan fingerprint density at radius 2 is 2.20 bits per heavy atom. The van der Waals surface area contributed by atoms with Gasteiger partial charge in [-0.3, -0.25) is 9.89 Å². The molecular weight excluding hydrogens is 256 g/mol. The second kappa shape index (κ2) is 5.77. The third-order valence-corrected chi connectivity index (χ3v) is 3.22. The molecule has 0 unspecified atom stereocenters. The molecule has 0 amide bonds. The zero-order chi connectivity index (χ0) is 14.7. The fourth-order valence-electron chi connectivity index (χ4n) is 2.11. The van der Waals surface area contributed by atoms with Crippen LogP contribution in [-0.4, -0.2) is 28.4 Å². The summed E-state index contributed by atoms with van der Waals surface area (Å²) in [7, 11) is 1.61. The number of carbonyl (C=O) groups is 1. The van der Waals surface area contributed by atoms with Crippen LogP contribution >= 0.6 is 0 Å². The summed E-state index contributed by atoms with van der Waals surface area (Å²) < 4.78 is 5.42. The maximum absolute atomic E-state index is 10.9. The third-order valence-electron chi connectivity index (χ3n) is 3.22. The minimum absolute atomic E-state index is 0.0685. The van der Waals surface area contributed by atoms with E-state index in [0.717, 1.165) is 5.56 Å². The Balaban J connectivity index is 2.47. The molecule has 0 radical (unpaired) electrons. The number of methoxy groups -OCH3 is 1. The van der Waals surface area contributed by atoms with E-state index in [2.05, 4.69) is 24.0 Å². The van der Waals surface area contributed by atoms with E-state index < -0.39 is 5.97 Å². The second-order valence-corrected chi connectivity index (χ2v) is 4.96. The predicted molar refractivity (Wildman–Crippen MR) is 76.0 cm³/mol.